The minimum Gasteiger partial charge on any atom is -0.394 e. The molecule has 0 saturated heterocycles. The van der Waals surface area contributed by atoms with Crippen LogP contribution in [0.5, 0.6) is 0 Å². The van der Waals surface area contributed by atoms with Crippen LogP contribution in [0.2, 0.25) is 0 Å². The molecule has 3 heteroatoms. The zero-order valence-electron chi connectivity index (χ0n) is 7.21. The molecule has 0 aromatic heterocycles. The number of rotatable bonds is 6. The molecule has 0 aliphatic heterocycles. The van der Waals surface area contributed by atoms with Gasteiger partial charge < -0.3 is 14.6 Å². The Morgan fingerprint density at radius 1 is 1.27 bits per heavy atom. The van der Waals surface area contributed by atoms with Crippen LogP contribution in [-0.2, 0) is 9.53 Å². The first kappa shape index (κ1) is 13.2. The summed E-state index contributed by atoms with van der Waals surface area (Å²) >= 11 is 0. The lowest BCUT2D eigenvalue weighted by atomic mass is 10.3. The van der Waals surface area contributed by atoms with E-state index in [1.54, 1.807) is 0 Å². The summed E-state index contributed by atoms with van der Waals surface area (Å²) in [5.41, 5.74) is 0. The van der Waals surface area contributed by atoms with Crippen LogP contribution < -0.4 is 0 Å². The molecule has 0 heterocycles. The minimum absolute atomic E-state index is 0.145. The summed E-state index contributed by atoms with van der Waals surface area (Å²) in [6, 6.07) is 0. The monoisotopic (exact) mass is 162 g/mol. The molecule has 0 fully saturated rings. The van der Waals surface area contributed by atoms with Crippen molar-refractivity contribution in [2.75, 3.05) is 19.8 Å². The van der Waals surface area contributed by atoms with E-state index >= 15 is 0 Å². The first-order valence-corrected chi connectivity index (χ1v) is 3.89. The number of ether oxygens (including phenoxy) is 1. The normalized spacial score (nSPS) is 8.55. The highest BCUT2D eigenvalue weighted by Crippen LogP contribution is 1.92. The zero-order valence-corrected chi connectivity index (χ0v) is 7.21. The van der Waals surface area contributed by atoms with Crippen molar-refractivity contribution in [3.63, 3.8) is 0 Å². The molecule has 0 rings (SSSR count). The summed E-state index contributed by atoms with van der Waals surface area (Å²) in [6.07, 6.45) is 3.57. The molecule has 0 radical (unpaired) electrons. The molecule has 0 aromatic rings. The Morgan fingerprint density at radius 2 is 1.91 bits per heavy atom. The maximum Gasteiger partial charge on any atom is 0.106 e. The van der Waals surface area contributed by atoms with Gasteiger partial charge in [0, 0.05) is 6.61 Å². The summed E-state index contributed by atoms with van der Waals surface area (Å²) in [6.45, 7) is 5.59. The van der Waals surface area contributed by atoms with Crippen molar-refractivity contribution in [2.45, 2.75) is 26.2 Å². The molecule has 3 nitrogen and oxygen atoms in total. The van der Waals surface area contributed by atoms with Crippen molar-refractivity contribution in [3.05, 3.63) is 0 Å². The zero-order chi connectivity index (χ0) is 8.95. The third kappa shape index (κ3) is 17.7. The van der Waals surface area contributed by atoms with Crippen molar-refractivity contribution in [2.24, 2.45) is 0 Å². The lowest BCUT2D eigenvalue weighted by Gasteiger charge is -1.98. The van der Waals surface area contributed by atoms with E-state index in [4.69, 9.17) is 14.6 Å². The van der Waals surface area contributed by atoms with Crippen LogP contribution in [0, 0.1) is 0 Å². The summed E-state index contributed by atoms with van der Waals surface area (Å²) < 4.78 is 5.03. The molecule has 0 saturated carbocycles. The lowest BCUT2D eigenvalue weighted by molar-refractivity contribution is -0.0979. The molecule has 0 aliphatic rings. The van der Waals surface area contributed by atoms with Gasteiger partial charge in [0.25, 0.3) is 0 Å². The quantitative estimate of drug-likeness (QED) is 0.593. The van der Waals surface area contributed by atoms with Crippen molar-refractivity contribution in [1.82, 2.24) is 0 Å². The molecule has 0 aliphatic carbocycles. The van der Waals surface area contributed by atoms with Crippen LogP contribution in [0.1, 0.15) is 26.2 Å². The highest BCUT2D eigenvalue weighted by atomic mass is 16.5. The number of carbonyl (C=O) groups excluding carboxylic acids is 1. The van der Waals surface area contributed by atoms with Crippen molar-refractivity contribution < 1.29 is 14.6 Å². The predicted octanol–water partition coefficient (Wildman–Crippen LogP) is 1.00. The SMILES string of the molecule is C=O.CCCCCOCCO. The Bertz CT molecular complexity index is 51.3. The summed E-state index contributed by atoms with van der Waals surface area (Å²) in [5.74, 6) is 0. The molecule has 0 atom stereocenters. The van der Waals surface area contributed by atoms with Gasteiger partial charge >= 0.3 is 0 Å². The average Bonchev–Trinajstić information content (AvgIpc) is 2.08. The number of aliphatic hydroxyl groups excluding tert-OH is 1. The molecular weight excluding hydrogens is 144 g/mol. The van der Waals surface area contributed by atoms with Crippen LogP contribution in [-0.4, -0.2) is 31.7 Å². The lowest BCUT2D eigenvalue weighted by Crippen LogP contribution is -2.00. The Kier molecular flexibility index (Phi) is 19.6. The topological polar surface area (TPSA) is 46.5 Å². The fraction of sp³-hybridized carbons (Fsp3) is 0.875. The van der Waals surface area contributed by atoms with Crippen LogP contribution in [0.3, 0.4) is 0 Å². The molecule has 0 amide bonds. The molecule has 68 valence electrons. The maximum atomic E-state index is 8.30. The summed E-state index contributed by atoms with van der Waals surface area (Å²) in [7, 11) is 0. The number of carbonyl (C=O) groups is 1. The Balaban J connectivity index is 0. The minimum atomic E-state index is 0.145. The van der Waals surface area contributed by atoms with Crippen molar-refractivity contribution in [1.29, 1.82) is 0 Å². The maximum absolute atomic E-state index is 8.30. The van der Waals surface area contributed by atoms with Gasteiger partial charge in [-0.15, -0.1) is 0 Å². The first-order valence-electron chi connectivity index (χ1n) is 3.89. The van der Waals surface area contributed by atoms with Gasteiger partial charge in [-0.05, 0) is 6.42 Å². The standard InChI is InChI=1S/C7H16O2.CH2O/c1-2-3-4-6-9-7-5-8;1-2/h8H,2-7H2,1H3;1H2. The Labute approximate surface area is 68.4 Å². The first-order chi connectivity index (χ1) is 5.41. The molecule has 1 N–H and O–H groups in total. The highest BCUT2D eigenvalue weighted by Gasteiger charge is 1.85. The van der Waals surface area contributed by atoms with Gasteiger partial charge in [0.2, 0.25) is 0 Å². The molecule has 0 bridgehead atoms. The van der Waals surface area contributed by atoms with E-state index in [0.717, 1.165) is 13.0 Å². The third-order valence-electron chi connectivity index (χ3n) is 1.13. The van der Waals surface area contributed by atoms with E-state index in [9.17, 15) is 0 Å². The second-order valence-corrected chi connectivity index (χ2v) is 2.04. The molecule has 0 spiro atoms. The van der Waals surface area contributed by atoms with Crippen LogP contribution in [0.4, 0.5) is 0 Å². The number of hydrogen-bond acceptors (Lipinski definition) is 3. The predicted molar refractivity (Wildman–Crippen MR) is 44.6 cm³/mol. The van der Waals surface area contributed by atoms with Gasteiger partial charge in [0.1, 0.15) is 6.79 Å². The van der Waals surface area contributed by atoms with E-state index in [1.165, 1.54) is 12.8 Å². The fourth-order valence-electron chi connectivity index (χ4n) is 0.621. The Morgan fingerprint density at radius 3 is 2.36 bits per heavy atom. The largest absolute Gasteiger partial charge is 0.394 e. The third-order valence-corrected chi connectivity index (χ3v) is 1.13. The average molecular weight is 162 g/mol. The van der Waals surface area contributed by atoms with Crippen LogP contribution in [0.25, 0.3) is 0 Å². The number of unbranched alkanes of at least 4 members (excludes halogenated alkanes) is 2. The van der Waals surface area contributed by atoms with Gasteiger partial charge in [-0.3, -0.25) is 0 Å². The summed E-state index contributed by atoms with van der Waals surface area (Å²) in [5, 5.41) is 8.30. The van der Waals surface area contributed by atoms with Gasteiger partial charge in [-0.25, -0.2) is 0 Å². The molecule has 0 aromatic carbocycles. The van der Waals surface area contributed by atoms with Crippen molar-refractivity contribution >= 4 is 6.79 Å². The van der Waals surface area contributed by atoms with Gasteiger partial charge in [0.15, 0.2) is 0 Å². The van der Waals surface area contributed by atoms with E-state index < -0.39 is 0 Å². The van der Waals surface area contributed by atoms with Gasteiger partial charge in [-0.1, -0.05) is 19.8 Å². The second-order valence-electron chi connectivity index (χ2n) is 2.04. The Hall–Kier alpha value is -0.410. The number of hydrogen-bond donors (Lipinski definition) is 1. The smallest absolute Gasteiger partial charge is 0.106 e. The van der Waals surface area contributed by atoms with Gasteiger partial charge in [-0.2, -0.15) is 0 Å². The van der Waals surface area contributed by atoms with Crippen molar-refractivity contribution in [3.8, 4) is 0 Å². The van der Waals surface area contributed by atoms with E-state index in [1.807, 2.05) is 6.79 Å². The van der Waals surface area contributed by atoms with Crippen LogP contribution in [0.15, 0.2) is 0 Å². The molecule has 11 heavy (non-hydrogen) atoms. The molecule has 0 unspecified atom stereocenters. The molecular formula is C8H18O3. The van der Waals surface area contributed by atoms with E-state index in [-0.39, 0.29) is 6.61 Å². The fourth-order valence-corrected chi connectivity index (χ4v) is 0.621. The van der Waals surface area contributed by atoms with E-state index in [0.29, 0.717) is 6.61 Å². The summed E-state index contributed by atoms with van der Waals surface area (Å²) in [4.78, 5) is 8.00. The second kappa shape index (κ2) is 16.3. The highest BCUT2D eigenvalue weighted by molar-refractivity contribution is 5.10. The number of aliphatic hydroxyl groups is 1. The van der Waals surface area contributed by atoms with E-state index in [2.05, 4.69) is 6.92 Å². The van der Waals surface area contributed by atoms with Crippen LogP contribution >= 0.6 is 0 Å². The van der Waals surface area contributed by atoms with Gasteiger partial charge in [0.05, 0.1) is 13.2 Å².